The van der Waals surface area contributed by atoms with Crippen molar-refractivity contribution < 1.29 is 9.53 Å². The maximum absolute atomic E-state index is 12.3. The number of hydrogen-bond donors (Lipinski definition) is 1. The second-order valence-electron chi connectivity index (χ2n) is 5.96. The van der Waals surface area contributed by atoms with Crippen LogP contribution in [-0.4, -0.2) is 55.7 Å². The van der Waals surface area contributed by atoms with Crippen LogP contribution in [0, 0.1) is 5.92 Å². The Kier molecular flexibility index (Phi) is 5.91. The summed E-state index contributed by atoms with van der Waals surface area (Å²) in [6.45, 7) is 8.87. The van der Waals surface area contributed by atoms with Crippen molar-refractivity contribution >= 4 is 23.3 Å². The Hall–Kier alpha value is -1.46. The summed E-state index contributed by atoms with van der Waals surface area (Å²) in [6.07, 6.45) is 0. The predicted octanol–water partition coefficient (Wildman–Crippen LogP) is 3.15. The molecule has 6 heteroatoms. The molecular weight excluding hydrogens is 302 g/mol. The molecule has 2 amide bonds. The highest BCUT2D eigenvalue weighted by Gasteiger charge is 2.21. The second-order valence-corrected chi connectivity index (χ2v) is 6.37. The third kappa shape index (κ3) is 4.52. The first-order valence-electron chi connectivity index (χ1n) is 7.61. The Morgan fingerprint density at radius 3 is 2.55 bits per heavy atom. The van der Waals surface area contributed by atoms with Crippen molar-refractivity contribution in [2.24, 2.45) is 5.92 Å². The largest absolute Gasteiger partial charge is 0.495 e. The highest BCUT2D eigenvalue weighted by molar-refractivity contribution is 6.32. The molecule has 0 unspecified atom stereocenters. The summed E-state index contributed by atoms with van der Waals surface area (Å²) in [5, 5.41) is 3.38. The van der Waals surface area contributed by atoms with Crippen LogP contribution in [0.5, 0.6) is 5.75 Å². The molecular formula is C16H24ClN3O2. The molecule has 1 N–H and O–H groups in total. The number of nitrogens with zero attached hydrogens (tertiary/aromatic N) is 2. The van der Waals surface area contributed by atoms with Crippen LogP contribution in [0.2, 0.25) is 5.02 Å². The number of halogens is 1. The van der Waals surface area contributed by atoms with Crippen LogP contribution in [-0.2, 0) is 0 Å². The summed E-state index contributed by atoms with van der Waals surface area (Å²) in [4.78, 5) is 16.5. The summed E-state index contributed by atoms with van der Waals surface area (Å²) < 4.78 is 5.10. The van der Waals surface area contributed by atoms with Gasteiger partial charge in [-0.3, -0.25) is 4.90 Å². The van der Waals surface area contributed by atoms with Crippen LogP contribution in [0.3, 0.4) is 0 Å². The fourth-order valence-corrected chi connectivity index (χ4v) is 2.85. The van der Waals surface area contributed by atoms with Gasteiger partial charge in [0.15, 0.2) is 0 Å². The van der Waals surface area contributed by atoms with E-state index in [9.17, 15) is 4.79 Å². The van der Waals surface area contributed by atoms with Crippen molar-refractivity contribution in [2.75, 3.05) is 45.2 Å². The first-order chi connectivity index (χ1) is 10.5. The predicted molar refractivity (Wildman–Crippen MR) is 89.9 cm³/mol. The molecule has 1 aromatic rings. The lowest BCUT2D eigenvalue weighted by Crippen LogP contribution is -2.50. The number of carbonyl (C=O) groups is 1. The minimum absolute atomic E-state index is 0.0783. The lowest BCUT2D eigenvalue weighted by molar-refractivity contribution is 0.138. The molecule has 0 bridgehead atoms. The zero-order valence-corrected chi connectivity index (χ0v) is 14.2. The number of piperazine rings is 1. The molecule has 22 heavy (non-hydrogen) atoms. The highest BCUT2D eigenvalue weighted by atomic mass is 35.5. The van der Waals surface area contributed by atoms with Gasteiger partial charge in [0, 0.05) is 38.4 Å². The molecule has 0 radical (unpaired) electrons. The standard InChI is InChI=1S/C16H24ClN3O2/c1-12(2)11-19-6-8-20(9-7-19)16(21)18-13-4-5-15(22-3)14(17)10-13/h4-5,10,12H,6-9,11H2,1-3H3,(H,18,21). The zero-order valence-electron chi connectivity index (χ0n) is 13.4. The Bertz CT molecular complexity index is 514. The van der Waals surface area contributed by atoms with Crippen molar-refractivity contribution in [3.05, 3.63) is 23.2 Å². The Balaban J connectivity index is 1.87. The molecule has 1 aliphatic rings. The third-order valence-electron chi connectivity index (χ3n) is 3.69. The van der Waals surface area contributed by atoms with Gasteiger partial charge in [-0.2, -0.15) is 0 Å². The fourth-order valence-electron chi connectivity index (χ4n) is 2.60. The minimum Gasteiger partial charge on any atom is -0.495 e. The smallest absolute Gasteiger partial charge is 0.321 e. The number of anilines is 1. The van der Waals surface area contributed by atoms with Crippen LogP contribution in [0.4, 0.5) is 10.5 Å². The monoisotopic (exact) mass is 325 g/mol. The molecule has 0 aromatic heterocycles. The quantitative estimate of drug-likeness (QED) is 0.925. The summed E-state index contributed by atoms with van der Waals surface area (Å²) in [7, 11) is 1.57. The average Bonchev–Trinajstić information content (AvgIpc) is 2.47. The molecule has 5 nitrogen and oxygen atoms in total. The van der Waals surface area contributed by atoms with Gasteiger partial charge in [0.2, 0.25) is 0 Å². The van der Waals surface area contributed by atoms with Gasteiger partial charge in [0.25, 0.3) is 0 Å². The van der Waals surface area contributed by atoms with E-state index < -0.39 is 0 Å². The van der Waals surface area contributed by atoms with Gasteiger partial charge >= 0.3 is 6.03 Å². The normalized spacial score (nSPS) is 16.0. The van der Waals surface area contributed by atoms with Gasteiger partial charge < -0.3 is 15.0 Å². The number of methoxy groups -OCH3 is 1. The molecule has 1 aromatic carbocycles. The Morgan fingerprint density at radius 2 is 2.00 bits per heavy atom. The number of benzene rings is 1. The zero-order chi connectivity index (χ0) is 16.1. The van der Waals surface area contributed by atoms with Crippen molar-refractivity contribution in [1.82, 2.24) is 9.80 Å². The molecule has 0 aliphatic carbocycles. The Labute approximate surface area is 137 Å². The van der Waals surface area contributed by atoms with Crippen LogP contribution >= 0.6 is 11.6 Å². The number of rotatable bonds is 4. The lowest BCUT2D eigenvalue weighted by atomic mass is 10.2. The van der Waals surface area contributed by atoms with E-state index in [1.807, 2.05) is 4.90 Å². The van der Waals surface area contributed by atoms with Crippen molar-refractivity contribution in [3.8, 4) is 5.75 Å². The minimum atomic E-state index is -0.0783. The van der Waals surface area contributed by atoms with E-state index in [2.05, 4.69) is 24.1 Å². The molecule has 1 fully saturated rings. The number of urea groups is 1. The summed E-state index contributed by atoms with van der Waals surface area (Å²) in [5.74, 6) is 1.25. The van der Waals surface area contributed by atoms with Crippen LogP contribution in [0.15, 0.2) is 18.2 Å². The van der Waals surface area contributed by atoms with E-state index in [0.717, 1.165) is 32.7 Å². The highest BCUT2D eigenvalue weighted by Crippen LogP contribution is 2.27. The van der Waals surface area contributed by atoms with Crippen molar-refractivity contribution in [2.45, 2.75) is 13.8 Å². The SMILES string of the molecule is COc1ccc(NC(=O)N2CCN(CC(C)C)CC2)cc1Cl. The third-order valence-corrected chi connectivity index (χ3v) is 3.98. The van der Waals surface area contributed by atoms with Crippen molar-refractivity contribution in [3.63, 3.8) is 0 Å². The first kappa shape index (κ1) is 16.9. The van der Waals surface area contributed by atoms with Crippen LogP contribution in [0.25, 0.3) is 0 Å². The van der Waals surface area contributed by atoms with Gasteiger partial charge in [-0.25, -0.2) is 4.79 Å². The number of carbonyl (C=O) groups excluding carboxylic acids is 1. The van der Waals surface area contributed by atoms with Gasteiger partial charge in [0.05, 0.1) is 12.1 Å². The van der Waals surface area contributed by atoms with E-state index in [0.29, 0.717) is 22.4 Å². The van der Waals surface area contributed by atoms with Gasteiger partial charge in [-0.05, 0) is 24.1 Å². The molecule has 0 atom stereocenters. The summed E-state index contributed by atoms with van der Waals surface area (Å²) >= 11 is 6.07. The van der Waals surface area contributed by atoms with E-state index in [-0.39, 0.29) is 6.03 Å². The topological polar surface area (TPSA) is 44.8 Å². The lowest BCUT2D eigenvalue weighted by Gasteiger charge is -2.35. The van der Waals surface area contributed by atoms with Crippen LogP contribution in [0.1, 0.15) is 13.8 Å². The van der Waals surface area contributed by atoms with Gasteiger partial charge in [0.1, 0.15) is 5.75 Å². The number of hydrogen-bond acceptors (Lipinski definition) is 3. The first-order valence-corrected chi connectivity index (χ1v) is 7.99. The van der Waals surface area contributed by atoms with E-state index in [1.54, 1.807) is 25.3 Å². The second kappa shape index (κ2) is 7.70. The summed E-state index contributed by atoms with van der Waals surface area (Å²) in [6, 6.07) is 5.16. The van der Waals surface area contributed by atoms with Crippen molar-refractivity contribution in [1.29, 1.82) is 0 Å². The Morgan fingerprint density at radius 1 is 1.32 bits per heavy atom. The maximum atomic E-state index is 12.3. The van der Waals surface area contributed by atoms with E-state index >= 15 is 0 Å². The maximum Gasteiger partial charge on any atom is 0.321 e. The average molecular weight is 326 g/mol. The van der Waals surface area contributed by atoms with Gasteiger partial charge in [-0.15, -0.1) is 0 Å². The fraction of sp³-hybridized carbons (Fsp3) is 0.562. The molecule has 1 heterocycles. The molecule has 2 rings (SSSR count). The van der Waals surface area contributed by atoms with E-state index in [4.69, 9.17) is 16.3 Å². The molecule has 0 spiro atoms. The number of ether oxygens (including phenoxy) is 1. The molecule has 122 valence electrons. The molecule has 0 saturated carbocycles. The van der Waals surface area contributed by atoms with Crippen LogP contribution < -0.4 is 10.1 Å². The molecule has 1 saturated heterocycles. The number of amides is 2. The molecule has 1 aliphatic heterocycles. The number of nitrogens with one attached hydrogen (secondary N) is 1. The van der Waals surface area contributed by atoms with Gasteiger partial charge in [-0.1, -0.05) is 25.4 Å². The van der Waals surface area contributed by atoms with E-state index in [1.165, 1.54) is 0 Å². The summed E-state index contributed by atoms with van der Waals surface area (Å²) in [5.41, 5.74) is 0.681.